The summed E-state index contributed by atoms with van der Waals surface area (Å²) in [7, 11) is 0. The molecule has 1 unspecified atom stereocenters. The van der Waals surface area contributed by atoms with E-state index < -0.39 is 5.41 Å². The Bertz CT molecular complexity index is 661. The quantitative estimate of drug-likeness (QED) is 0.838. The summed E-state index contributed by atoms with van der Waals surface area (Å²) in [6, 6.07) is 21.4. The van der Waals surface area contributed by atoms with Crippen molar-refractivity contribution in [1.29, 1.82) is 5.26 Å². The van der Waals surface area contributed by atoms with Crippen LogP contribution >= 0.6 is 0 Å². The number of para-hydroxylation sites is 1. The SMILES string of the molecule is CCN(C(=O)CC(C)(C#N)c1ccccc1)c1ccccc1. The zero-order valence-corrected chi connectivity index (χ0v) is 13.0. The van der Waals surface area contributed by atoms with E-state index in [2.05, 4.69) is 6.07 Å². The number of carbonyl (C=O) groups excluding carboxylic acids is 1. The number of hydrogen-bond donors (Lipinski definition) is 0. The van der Waals surface area contributed by atoms with Crippen molar-refractivity contribution in [2.24, 2.45) is 0 Å². The van der Waals surface area contributed by atoms with Crippen LogP contribution in [-0.2, 0) is 10.2 Å². The van der Waals surface area contributed by atoms with E-state index in [4.69, 9.17) is 0 Å². The van der Waals surface area contributed by atoms with Gasteiger partial charge >= 0.3 is 0 Å². The lowest BCUT2D eigenvalue weighted by Gasteiger charge is -2.27. The molecule has 0 saturated carbocycles. The average Bonchev–Trinajstić information content (AvgIpc) is 2.57. The molecule has 0 spiro atoms. The van der Waals surface area contributed by atoms with Gasteiger partial charge in [-0.3, -0.25) is 4.79 Å². The molecular formula is C19H20N2O. The maximum absolute atomic E-state index is 12.7. The first-order valence-electron chi connectivity index (χ1n) is 7.43. The monoisotopic (exact) mass is 292 g/mol. The summed E-state index contributed by atoms with van der Waals surface area (Å²) >= 11 is 0. The lowest BCUT2D eigenvalue weighted by Crippen LogP contribution is -2.36. The molecule has 2 rings (SSSR count). The molecule has 0 radical (unpaired) electrons. The molecule has 2 aromatic carbocycles. The third kappa shape index (κ3) is 3.35. The molecule has 0 aliphatic heterocycles. The highest BCUT2D eigenvalue weighted by Gasteiger charge is 2.31. The molecule has 3 nitrogen and oxygen atoms in total. The number of benzene rings is 2. The Morgan fingerprint density at radius 2 is 1.64 bits per heavy atom. The van der Waals surface area contributed by atoms with Crippen LogP contribution in [0.3, 0.4) is 0 Å². The summed E-state index contributed by atoms with van der Waals surface area (Å²) in [6.45, 7) is 4.34. The highest BCUT2D eigenvalue weighted by molar-refractivity contribution is 5.94. The summed E-state index contributed by atoms with van der Waals surface area (Å²) in [5, 5.41) is 9.59. The molecule has 3 heteroatoms. The molecule has 112 valence electrons. The van der Waals surface area contributed by atoms with Gasteiger partial charge in [-0.25, -0.2) is 0 Å². The summed E-state index contributed by atoms with van der Waals surface area (Å²) < 4.78 is 0. The number of nitriles is 1. The first kappa shape index (κ1) is 15.8. The molecule has 0 fully saturated rings. The number of amides is 1. The van der Waals surface area contributed by atoms with E-state index in [1.165, 1.54) is 0 Å². The van der Waals surface area contributed by atoms with E-state index in [-0.39, 0.29) is 12.3 Å². The van der Waals surface area contributed by atoms with E-state index in [1.54, 1.807) is 4.90 Å². The van der Waals surface area contributed by atoms with Crippen molar-refractivity contribution >= 4 is 11.6 Å². The van der Waals surface area contributed by atoms with Crippen LogP contribution in [0.4, 0.5) is 5.69 Å². The van der Waals surface area contributed by atoms with Gasteiger partial charge in [0.05, 0.1) is 11.5 Å². The number of nitrogens with zero attached hydrogens (tertiary/aromatic N) is 2. The Hall–Kier alpha value is -2.60. The van der Waals surface area contributed by atoms with E-state index in [1.807, 2.05) is 74.5 Å². The van der Waals surface area contributed by atoms with Crippen LogP contribution in [-0.4, -0.2) is 12.5 Å². The molecule has 22 heavy (non-hydrogen) atoms. The van der Waals surface area contributed by atoms with Crippen molar-refractivity contribution in [2.45, 2.75) is 25.7 Å². The van der Waals surface area contributed by atoms with Crippen molar-refractivity contribution in [3.63, 3.8) is 0 Å². The molecule has 0 aliphatic rings. The molecule has 0 N–H and O–H groups in total. The van der Waals surface area contributed by atoms with Crippen molar-refractivity contribution in [3.8, 4) is 6.07 Å². The van der Waals surface area contributed by atoms with Gasteiger partial charge in [-0.05, 0) is 31.5 Å². The fourth-order valence-electron chi connectivity index (χ4n) is 2.52. The molecule has 0 aliphatic carbocycles. The molecule has 2 aromatic rings. The number of carbonyl (C=O) groups is 1. The van der Waals surface area contributed by atoms with Gasteiger partial charge in [-0.15, -0.1) is 0 Å². The van der Waals surface area contributed by atoms with Crippen LogP contribution < -0.4 is 4.90 Å². The molecule has 1 amide bonds. The van der Waals surface area contributed by atoms with E-state index >= 15 is 0 Å². The van der Waals surface area contributed by atoms with Crippen LogP contribution in [0.1, 0.15) is 25.8 Å². The lowest BCUT2D eigenvalue weighted by atomic mass is 9.80. The summed E-state index contributed by atoms with van der Waals surface area (Å²) in [5.41, 5.74) is 0.916. The Morgan fingerprint density at radius 1 is 1.09 bits per heavy atom. The first-order chi connectivity index (χ1) is 10.6. The lowest BCUT2D eigenvalue weighted by molar-refractivity contribution is -0.119. The van der Waals surface area contributed by atoms with Gasteiger partial charge in [-0.2, -0.15) is 5.26 Å². The van der Waals surface area contributed by atoms with E-state index in [0.29, 0.717) is 6.54 Å². The molecule has 0 bridgehead atoms. The Morgan fingerprint density at radius 3 is 2.14 bits per heavy atom. The van der Waals surface area contributed by atoms with E-state index in [9.17, 15) is 10.1 Å². The zero-order valence-electron chi connectivity index (χ0n) is 13.0. The van der Waals surface area contributed by atoms with Crippen LogP contribution in [0.25, 0.3) is 0 Å². The number of hydrogen-bond acceptors (Lipinski definition) is 2. The Kier molecular flexibility index (Phi) is 4.95. The van der Waals surface area contributed by atoms with Crippen molar-refractivity contribution < 1.29 is 4.79 Å². The van der Waals surface area contributed by atoms with Crippen LogP contribution in [0.5, 0.6) is 0 Å². The van der Waals surface area contributed by atoms with Gasteiger partial charge < -0.3 is 4.90 Å². The maximum Gasteiger partial charge on any atom is 0.228 e. The number of rotatable bonds is 5. The molecule has 0 saturated heterocycles. The molecule has 1 atom stereocenters. The third-order valence-corrected chi connectivity index (χ3v) is 3.85. The standard InChI is InChI=1S/C19H20N2O/c1-3-21(17-12-8-5-9-13-17)18(22)14-19(2,15-20)16-10-6-4-7-11-16/h4-13H,3,14H2,1-2H3. The normalized spacial score (nSPS) is 13.0. The van der Waals surface area contributed by atoms with Crippen molar-refractivity contribution in [3.05, 3.63) is 66.2 Å². The minimum absolute atomic E-state index is 0.0402. The smallest absolute Gasteiger partial charge is 0.228 e. The summed E-state index contributed by atoms with van der Waals surface area (Å²) in [4.78, 5) is 14.4. The predicted octanol–water partition coefficient (Wildman–Crippen LogP) is 3.91. The second kappa shape index (κ2) is 6.91. The van der Waals surface area contributed by atoms with Crippen molar-refractivity contribution in [1.82, 2.24) is 0 Å². The maximum atomic E-state index is 12.7. The van der Waals surface area contributed by atoms with Gasteiger partial charge in [-0.1, -0.05) is 48.5 Å². The topological polar surface area (TPSA) is 44.1 Å². The number of anilines is 1. The molecular weight excluding hydrogens is 272 g/mol. The summed E-state index contributed by atoms with van der Waals surface area (Å²) in [6.07, 6.45) is 0.163. The fraction of sp³-hybridized carbons (Fsp3) is 0.263. The Balaban J connectivity index is 2.24. The van der Waals surface area contributed by atoms with Gasteiger partial charge in [0.25, 0.3) is 0 Å². The minimum Gasteiger partial charge on any atom is -0.313 e. The molecule has 0 aromatic heterocycles. The van der Waals surface area contributed by atoms with Crippen LogP contribution in [0.2, 0.25) is 0 Å². The van der Waals surface area contributed by atoms with Gasteiger partial charge in [0.15, 0.2) is 0 Å². The van der Waals surface area contributed by atoms with Crippen LogP contribution in [0.15, 0.2) is 60.7 Å². The van der Waals surface area contributed by atoms with Crippen LogP contribution in [0, 0.1) is 11.3 Å². The van der Waals surface area contributed by atoms with Gasteiger partial charge in [0.2, 0.25) is 5.91 Å². The molecule has 0 heterocycles. The van der Waals surface area contributed by atoms with Crippen molar-refractivity contribution in [2.75, 3.05) is 11.4 Å². The predicted molar refractivity (Wildman–Crippen MR) is 88.5 cm³/mol. The van der Waals surface area contributed by atoms with E-state index in [0.717, 1.165) is 11.3 Å². The van der Waals surface area contributed by atoms with Gasteiger partial charge in [0.1, 0.15) is 0 Å². The fourth-order valence-corrected chi connectivity index (χ4v) is 2.52. The zero-order chi connectivity index (χ0) is 16.0. The highest BCUT2D eigenvalue weighted by atomic mass is 16.2. The van der Waals surface area contributed by atoms with Gasteiger partial charge in [0, 0.05) is 18.7 Å². The highest BCUT2D eigenvalue weighted by Crippen LogP contribution is 2.28. The average molecular weight is 292 g/mol. The largest absolute Gasteiger partial charge is 0.313 e. The summed E-state index contributed by atoms with van der Waals surface area (Å²) in [5.74, 6) is -0.0402. The first-order valence-corrected chi connectivity index (χ1v) is 7.43. The third-order valence-electron chi connectivity index (χ3n) is 3.85. The Labute approximate surface area is 131 Å². The second-order valence-corrected chi connectivity index (χ2v) is 5.46. The minimum atomic E-state index is -0.819. The second-order valence-electron chi connectivity index (χ2n) is 5.46.